The summed E-state index contributed by atoms with van der Waals surface area (Å²) in [5, 5.41) is 0. The zero-order valence-electron chi connectivity index (χ0n) is 10.3. The van der Waals surface area contributed by atoms with Crippen LogP contribution in [-0.4, -0.2) is 19.3 Å². The molecule has 0 aromatic heterocycles. The highest BCUT2D eigenvalue weighted by Crippen LogP contribution is 2.25. The second-order valence-electron chi connectivity index (χ2n) is 5.38. The highest BCUT2D eigenvalue weighted by Gasteiger charge is 2.18. The van der Waals surface area contributed by atoms with E-state index in [1.54, 1.807) is 0 Å². The van der Waals surface area contributed by atoms with Crippen LogP contribution in [0.5, 0.6) is 5.75 Å². The Morgan fingerprint density at radius 2 is 1.88 bits per heavy atom. The molecule has 0 unspecified atom stereocenters. The first-order valence-electron chi connectivity index (χ1n) is 5.91. The molecule has 88 valence electrons. The number of hydrogen-bond donors (Lipinski definition) is 0. The monoisotopic (exact) mass is 220 g/mol. The molecule has 0 spiro atoms. The highest BCUT2D eigenvalue weighted by molar-refractivity contribution is 5.31. The predicted octanol–water partition coefficient (Wildman–Crippen LogP) is 3.15. The molecule has 1 aromatic carbocycles. The summed E-state index contributed by atoms with van der Waals surface area (Å²) in [6.07, 6.45) is 1.24. The van der Waals surface area contributed by atoms with Gasteiger partial charge in [0.15, 0.2) is 0 Å². The summed E-state index contributed by atoms with van der Waals surface area (Å²) < 4.78 is 11.1. The van der Waals surface area contributed by atoms with Gasteiger partial charge in [-0.05, 0) is 23.1 Å². The predicted molar refractivity (Wildman–Crippen MR) is 65.0 cm³/mol. The maximum absolute atomic E-state index is 5.82. The number of ether oxygens (including phenoxy) is 2. The van der Waals surface area contributed by atoms with E-state index in [0.717, 1.165) is 25.4 Å². The van der Waals surface area contributed by atoms with Gasteiger partial charge in [0.1, 0.15) is 11.9 Å². The van der Waals surface area contributed by atoms with E-state index in [2.05, 4.69) is 45.0 Å². The van der Waals surface area contributed by atoms with Crippen molar-refractivity contribution in [1.29, 1.82) is 0 Å². The van der Waals surface area contributed by atoms with Crippen molar-refractivity contribution in [3.63, 3.8) is 0 Å². The van der Waals surface area contributed by atoms with Crippen molar-refractivity contribution in [2.45, 2.75) is 38.7 Å². The Hall–Kier alpha value is -1.02. The molecule has 2 nitrogen and oxygen atoms in total. The molecule has 0 bridgehead atoms. The molecule has 0 saturated carbocycles. The molecule has 0 aliphatic carbocycles. The van der Waals surface area contributed by atoms with Gasteiger partial charge in [-0.3, -0.25) is 0 Å². The Morgan fingerprint density at radius 3 is 2.38 bits per heavy atom. The van der Waals surface area contributed by atoms with Crippen molar-refractivity contribution in [3.05, 3.63) is 29.8 Å². The quantitative estimate of drug-likeness (QED) is 0.762. The lowest BCUT2D eigenvalue weighted by molar-refractivity contribution is 0.141. The number of hydrogen-bond acceptors (Lipinski definition) is 2. The van der Waals surface area contributed by atoms with Crippen LogP contribution in [0, 0.1) is 0 Å². The Bertz CT molecular complexity index is 329. The Balaban J connectivity index is 2.01. The van der Waals surface area contributed by atoms with Gasteiger partial charge in [0.05, 0.1) is 13.2 Å². The maximum Gasteiger partial charge on any atom is 0.124 e. The summed E-state index contributed by atoms with van der Waals surface area (Å²) in [5.41, 5.74) is 1.54. The van der Waals surface area contributed by atoms with Crippen molar-refractivity contribution >= 4 is 0 Å². The standard InChI is InChI=1S/C14H20O2/c1-14(2,3)11-4-6-12(7-5-11)16-13-8-9-15-10-13/h4-7,13H,8-10H2,1-3H3/t13-/m1/s1. The molecular formula is C14H20O2. The van der Waals surface area contributed by atoms with Crippen LogP contribution >= 0.6 is 0 Å². The Labute approximate surface area is 97.6 Å². The zero-order chi connectivity index (χ0) is 11.6. The molecule has 0 N–H and O–H groups in total. The van der Waals surface area contributed by atoms with Crippen LogP contribution < -0.4 is 4.74 Å². The van der Waals surface area contributed by atoms with Crippen LogP contribution in [0.25, 0.3) is 0 Å². The first-order valence-corrected chi connectivity index (χ1v) is 5.91. The van der Waals surface area contributed by atoms with Crippen LogP contribution in [0.2, 0.25) is 0 Å². The van der Waals surface area contributed by atoms with Gasteiger partial charge in [0.2, 0.25) is 0 Å². The first kappa shape index (κ1) is 11.5. The van der Waals surface area contributed by atoms with Crippen LogP contribution in [0.1, 0.15) is 32.8 Å². The van der Waals surface area contributed by atoms with Crippen LogP contribution in [0.4, 0.5) is 0 Å². The minimum Gasteiger partial charge on any atom is -0.488 e. The van der Waals surface area contributed by atoms with E-state index < -0.39 is 0 Å². The molecular weight excluding hydrogens is 200 g/mol. The SMILES string of the molecule is CC(C)(C)c1ccc(O[C@@H]2CCOC2)cc1. The van der Waals surface area contributed by atoms with E-state index in [1.165, 1.54) is 5.56 Å². The fourth-order valence-corrected chi connectivity index (χ4v) is 1.83. The molecule has 2 heteroatoms. The summed E-state index contributed by atoms with van der Waals surface area (Å²) in [4.78, 5) is 0. The molecule has 1 heterocycles. The average Bonchev–Trinajstić information content (AvgIpc) is 2.70. The van der Waals surface area contributed by atoms with Crippen molar-refractivity contribution in [3.8, 4) is 5.75 Å². The van der Waals surface area contributed by atoms with Crippen LogP contribution in [0.15, 0.2) is 24.3 Å². The third kappa shape index (κ3) is 2.76. The molecule has 1 aliphatic rings. The van der Waals surface area contributed by atoms with Crippen molar-refractivity contribution in [1.82, 2.24) is 0 Å². The molecule has 1 atom stereocenters. The lowest BCUT2D eigenvalue weighted by Gasteiger charge is -2.19. The topological polar surface area (TPSA) is 18.5 Å². The van der Waals surface area contributed by atoms with Crippen LogP contribution in [0.3, 0.4) is 0 Å². The first-order chi connectivity index (χ1) is 7.55. The zero-order valence-corrected chi connectivity index (χ0v) is 10.3. The molecule has 1 fully saturated rings. The van der Waals surface area contributed by atoms with Crippen molar-refractivity contribution in [2.24, 2.45) is 0 Å². The molecule has 16 heavy (non-hydrogen) atoms. The summed E-state index contributed by atoms with van der Waals surface area (Å²) in [6.45, 7) is 8.20. The van der Waals surface area contributed by atoms with Crippen molar-refractivity contribution < 1.29 is 9.47 Å². The lowest BCUT2D eigenvalue weighted by Crippen LogP contribution is -2.16. The smallest absolute Gasteiger partial charge is 0.124 e. The largest absolute Gasteiger partial charge is 0.488 e. The van der Waals surface area contributed by atoms with E-state index in [0.29, 0.717) is 0 Å². The van der Waals surface area contributed by atoms with E-state index in [9.17, 15) is 0 Å². The molecule has 1 aliphatic heterocycles. The molecule has 1 aromatic rings. The molecule has 1 saturated heterocycles. The van der Waals surface area contributed by atoms with E-state index >= 15 is 0 Å². The summed E-state index contributed by atoms with van der Waals surface area (Å²) in [5.74, 6) is 0.948. The van der Waals surface area contributed by atoms with Gasteiger partial charge in [-0.25, -0.2) is 0 Å². The normalized spacial score (nSPS) is 21.1. The van der Waals surface area contributed by atoms with Gasteiger partial charge in [-0.1, -0.05) is 32.9 Å². The summed E-state index contributed by atoms with van der Waals surface area (Å²) in [7, 11) is 0. The van der Waals surface area contributed by atoms with Gasteiger partial charge in [0, 0.05) is 6.42 Å². The Kier molecular flexibility index (Phi) is 3.20. The lowest BCUT2D eigenvalue weighted by atomic mass is 9.87. The van der Waals surface area contributed by atoms with Gasteiger partial charge < -0.3 is 9.47 Å². The molecule has 2 rings (SSSR count). The fraction of sp³-hybridized carbons (Fsp3) is 0.571. The minimum absolute atomic E-state index is 0.203. The van der Waals surface area contributed by atoms with Gasteiger partial charge >= 0.3 is 0 Å². The second kappa shape index (κ2) is 4.46. The minimum atomic E-state index is 0.203. The molecule has 0 amide bonds. The third-order valence-electron chi connectivity index (χ3n) is 2.91. The van der Waals surface area contributed by atoms with Crippen molar-refractivity contribution in [2.75, 3.05) is 13.2 Å². The van der Waals surface area contributed by atoms with Crippen LogP contribution in [-0.2, 0) is 10.2 Å². The van der Waals surface area contributed by atoms with E-state index in [-0.39, 0.29) is 11.5 Å². The van der Waals surface area contributed by atoms with Gasteiger partial charge in [0.25, 0.3) is 0 Å². The van der Waals surface area contributed by atoms with E-state index in [1.807, 2.05) is 0 Å². The fourth-order valence-electron chi connectivity index (χ4n) is 1.83. The Morgan fingerprint density at radius 1 is 1.19 bits per heavy atom. The van der Waals surface area contributed by atoms with Gasteiger partial charge in [-0.15, -0.1) is 0 Å². The molecule has 0 radical (unpaired) electrons. The van der Waals surface area contributed by atoms with E-state index in [4.69, 9.17) is 9.47 Å². The number of benzene rings is 1. The maximum atomic E-state index is 5.82. The number of rotatable bonds is 2. The average molecular weight is 220 g/mol. The highest BCUT2D eigenvalue weighted by atomic mass is 16.5. The third-order valence-corrected chi connectivity index (χ3v) is 2.91. The van der Waals surface area contributed by atoms with Gasteiger partial charge in [-0.2, -0.15) is 0 Å². The second-order valence-corrected chi connectivity index (χ2v) is 5.38. The summed E-state index contributed by atoms with van der Waals surface area (Å²) in [6, 6.07) is 8.40. The summed E-state index contributed by atoms with van der Waals surface area (Å²) >= 11 is 0.